The van der Waals surface area contributed by atoms with Gasteiger partial charge in [-0.3, -0.25) is 14.4 Å². The van der Waals surface area contributed by atoms with Crippen molar-refractivity contribution in [3.8, 4) is 0 Å². The maximum atomic E-state index is 14.0. The molecular formula is C28H42O5. The van der Waals surface area contributed by atoms with Crippen LogP contribution in [0.1, 0.15) is 93.4 Å². The van der Waals surface area contributed by atoms with Crippen molar-refractivity contribution in [2.45, 2.75) is 99.5 Å². The normalized spacial score (nSPS) is 48.6. The smallest absolute Gasteiger partial charge is 0.302 e. The third-order valence-electron chi connectivity index (χ3n) is 11.2. The van der Waals surface area contributed by atoms with Gasteiger partial charge in [-0.2, -0.15) is 0 Å². The molecule has 4 rings (SSSR count). The van der Waals surface area contributed by atoms with E-state index in [9.17, 15) is 19.2 Å². The molecule has 184 valence electrons. The van der Waals surface area contributed by atoms with Crippen LogP contribution in [0.15, 0.2) is 0 Å². The molecular weight excluding hydrogens is 416 g/mol. The predicted octanol–water partition coefficient (Wildman–Crippen LogP) is 5.19. The van der Waals surface area contributed by atoms with Crippen molar-refractivity contribution in [3.63, 3.8) is 0 Å². The summed E-state index contributed by atoms with van der Waals surface area (Å²) in [6, 6.07) is 0. The van der Waals surface area contributed by atoms with Crippen LogP contribution >= 0.6 is 0 Å². The average molecular weight is 459 g/mol. The van der Waals surface area contributed by atoms with Crippen LogP contribution in [0.4, 0.5) is 0 Å². The predicted molar refractivity (Wildman–Crippen MR) is 125 cm³/mol. The Morgan fingerprint density at radius 1 is 0.939 bits per heavy atom. The number of rotatable bonds is 3. The van der Waals surface area contributed by atoms with Gasteiger partial charge in [0.15, 0.2) is 0 Å². The van der Waals surface area contributed by atoms with Gasteiger partial charge < -0.3 is 9.53 Å². The van der Waals surface area contributed by atoms with Gasteiger partial charge in [0.2, 0.25) is 0 Å². The molecule has 4 aliphatic carbocycles. The van der Waals surface area contributed by atoms with Gasteiger partial charge in [0.05, 0.1) is 5.92 Å². The van der Waals surface area contributed by atoms with E-state index in [4.69, 9.17) is 4.74 Å². The summed E-state index contributed by atoms with van der Waals surface area (Å²) in [5, 5.41) is 0. The van der Waals surface area contributed by atoms with Crippen LogP contribution in [0.2, 0.25) is 0 Å². The second-order valence-corrected chi connectivity index (χ2v) is 13.1. The van der Waals surface area contributed by atoms with E-state index < -0.39 is 29.3 Å². The maximum absolute atomic E-state index is 14.0. The lowest BCUT2D eigenvalue weighted by Gasteiger charge is -2.69. The Balaban J connectivity index is 1.83. The molecule has 33 heavy (non-hydrogen) atoms. The van der Waals surface area contributed by atoms with Crippen LogP contribution in [0.25, 0.3) is 0 Å². The van der Waals surface area contributed by atoms with E-state index in [0.717, 1.165) is 25.5 Å². The van der Waals surface area contributed by atoms with E-state index in [1.54, 1.807) is 0 Å². The topological polar surface area (TPSA) is 77.5 Å². The third kappa shape index (κ3) is 3.31. The van der Waals surface area contributed by atoms with Crippen molar-refractivity contribution >= 4 is 23.8 Å². The molecule has 0 amide bonds. The highest BCUT2D eigenvalue weighted by Crippen LogP contribution is 2.72. The Hall–Kier alpha value is -1.52. The maximum Gasteiger partial charge on any atom is 0.302 e. The standard InChI is InChI=1S/C28H42O5/c1-16(30)24-18(15-29)28(7)22(13-19(24)33-17(2)31)27(6)12-9-20-25(3,4)10-8-11-26(20,5)21(27)14-23(28)32/h15,18-22,24H,8-14H2,1-7H3/t18-,19-,20?,21?,22?,24?,26-,27+,28+/m0/s1. The fraction of sp³-hybridized carbons (Fsp3) is 0.857. The van der Waals surface area contributed by atoms with Crippen molar-refractivity contribution in [1.82, 2.24) is 0 Å². The molecule has 0 aromatic carbocycles. The molecule has 5 heteroatoms. The molecule has 0 aliphatic heterocycles. The number of carbonyl (C=O) groups excluding carboxylic acids is 4. The number of esters is 1. The van der Waals surface area contributed by atoms with Gasteiger partial charge in [0.25, 0.3) is 0 Å². The van der Waals surface area contributed by atoms with Crippen molar-refractivity contribution < 1.29 is 23.9 Å². The van der Waals surface area contributed by atoms with Crippen LogP contribution in [-0.4, -0.2) is 29.9 Å². The number of carbonyl (C=O) groups is 4. The van der Waals surface area contributed by atoms with Crippen molar-refractivity contribution in [2.75, 3.05) is 0 Å². The zero-order valence-corrected chi connectivity index (χ0v) is 21.5. The molecule has 0 saturated heterocycles. The summed E-state index contributed by atoms with van der Waals surface area (Å²) >= 11 is 0. The summed E-state index contributed by atoms with van der Waals surface area (Å²) in [6.45, 7) is 14.3. The van der Waals surface area contributed by atoms with Gasteiger partial charge in [-0.15, -0.1) is 0 Å². The molecule has 0 radical (unpaired) electrons. The zero-order chi connectivity index (χ0) is 24.6. The Labute approximate surface area is 198 Å². The second kappa shape index (κ2) is 7.75. The summed E-state index contributed by atoms with van der Waals surface area (Å²) < 4.78 is 5.69. The number of Topliss-reactive ketones (excluding diaryl/α,β-unsaturated/α-hetero) is 2. The Kier molecular flexibility index (Phi) is 5.77. The minimum atomic E-state index is -0.895. The van der Waals surface area contributed by atoms with Gasteiger partial charge in [0, 0.05) is 24.7 Å². The fourth-order valence-electron chi connectivity index (χ4n) is 9.85. The number of hydrogen-bond donors (Lipinski definition) is 0. The van der Waals surface area contributed by atoms with Crippen LogP contribution in [-0.2, 0) is 23.9 Å². The van der Waals surface area contributed by atoms with Gasteiger partial charge in [-0.25, -0.2) is 0 Å². The summed E-state index contributed by atoms with van der Waals surface area (Å²) in [5.74, 6) is -1.26. The molecule has 0 heterocycles. The molecule has 0 bridgehead atoms. The van der Waals surface area contributed by atoms with Crippen LogP contribution in [0.5, 0.6) is 0 Å². The molecule has 9 atom stereocenters. The molecule has 4 saturated carbocycles. The molecule has 4 aliphatic rings. The van der Waals surface area contributed by atoms with Crippen LogP contribution < -0.4 is 0 Å². The Morgan fingerprint density at radius 2 is 1.58 bits per heavy atom. The third-order valence-corrected chi connectivity index (χ3v) is 11.2. The second-order valence-electron chi connectivity index (χ2n) is 13.1. The molecule has 0 aromatic heterocycles. The number of hydrogen-bond acceptors (Lipinski definition) is 5. The SMILES string of the molecule is CC(=O)O[C@H]1CC2[C@]3(C)CCC4C(C)(C)CCC[C@]4(C)C3CC(=O)[C@]2(C)[C@@H](C=O)C1C(C)=O. The quantitative estimate of drug-likeness (QED) is 0.430. The first kappa shape index (κ1) is 24.6. The number of ether oxygens (including phenoxy) is 1. The summed E-state index contributed by atoms with van der Waals surface area (Å²) in [7, 11) is 0. The van der Waals surface area contributed by atoms with Gasteiger partial charge in [-0.1, -0.05) is 41.0 Å². The molecule has 5 nitrogen and oxygen atoms in total. The Bertz CT molecular complexity index is 876. The summed E-state index contributed by atoms with van der Waals surface area (Å²) in [5.41, 5.74) is -0.692. The van der Waals surface area contributed by atoms with Gasteiger partial charge >= 0.3 is 5.97 Å². The van der Waals surface area contributed by atoms with Crippen LogP contribution in [0.3, 0.4) is 0 Å². The van der Waals surface area contributed by atoms with E-state index in [1.807, 2.05) is 6.92 Å². The van der Waals surface area contributed by atoms with E-state index in [-0.39, 0.29) is 39.6 Å². The first-order chi connectivity index (χ1) is 15.2. The molecule has 0 aromatic rings. The first-order valence-corrected chi connectivity index (χ1v) is 12.9. The lowest BCUT2D eigenvalue weighted by atomic mass is 9.34. The highest BCUT2D eigenvalue weighted by molar-refractivity contribution is 5.93. The van der Waals surface area contributed by atoms with E-state index in [2.05, 4.69) is 27.7 Å². The Morgan fingerprint density at radius 3 is 2.15 bits per heavy atom. The van der Waals surface area contributed by atoms with Crippen LogP contribution in [0, 0.1) is 51.2 Å². The summed E-state index contributed by atoms with van der Waals surface area (Å²) in [4.78, 5) is 51.2. The van der Waals surface area contributed by atoms with E-state index >= 15 is 0 Å². The molecule has 0 spiro atoms. The minimum absolute atomic E-state index is 0.0801. The van der Waals surface area contributed by atoms with Crippen molar-refractivity contribution in [1.29, 1.82) is 0 Å². The number of ketones is 2. The average Bonchev–Trinajstić information content (AvgIpc) is 2.69. The number of aldehydes is 1. The highest BCUT2D eigenvalue weighted by atomic mass is 16.5. The van der Waals surface area contributed by atoms with Crippen molar-refractivity contribution in [3.05, 3.63) is 0 Å². The van der Waals surface area contributed by atoms with Gasteiger partial charge in [0.1, 0.15) is 24.0 Å². The number of fused-ring (bicyclic) bond motifs is 5. The first-order valence-electron chi connectivity index (χ1n) is 12.9. The fourth-order valence-corrected chi connectivity index (χ4v) is 9.85. The van der Waals surface area contributed by atoms with Crippen molar-refractivity contribution in [2.24, 2.45) is 51.2 Å². The van der Waals surface area contributed by atoms with E-state index in [0.29, 0.717) is 18.8 Å². The highest BCUT2D eigenvalue weighted by Gasteiger charge is 2.70. The van der Waals surface area contributed by atoms with E-state index in [1.165, 1.54) is 26.7 Å². The molecule has 4 fully saturated rings. The summed E-state index contributed by atoms with van der Waals surface area (Å²) in [6.07, 6.45) is 6.81. The lowest BCUT2D eigenvalue weighted by molar-refractivity contribution is -0.222. The monoisotopic (exact) mass is 458 g/mol. The zero-order valence-electron chi connectivity index (χ0n) is 21.5. The largest absolute Gasteiger partial charge is 0.462 e. The minimum Gasteiger partial charge on any atom is -0.462 e. The molecule has 0 N–H and O–H groups in total. The van der Waals surface area contributed by atoms with Gasteiger partial charge in [-0.05, 0) is 73.0 Å². The molecule has 4 unspecified atom stereocenters. The lowest BCUT2D eigenvalue weighted by Crippen LogP contribution is -2.68.